The molecule has 0 heterocycles. The first-order valence-corrected chi connectivity index (χ1v) is 8.53. The molecule has 0 aliphatic heterocycles. The first kappa shape index (κ1) is 17.9. The summed E-state index contributed by atoms with van der Waals surface area (Å²) in [5, 5.41) is 0. The lowest BCUT2D eigenvalue weighted by Gasteiger charge is -2.29. The second-order valence-corrected chi connectivity index (χ2v) is 6.16. The topological polar surface area (TPSA) is 9.23 Å². The fourth-order valence-corrected chi connectivity index (χ4v) is 3.36. The second kappa shape index (κ2) is 8.42. The number of ether oxygens (including phenoxy) is 1. The standard InChI is InChI=1S/C19H25F3O/c1-3-5-6-7-13-8-10-14(11-9-13)17-15(20)12-16(23-4-2)18(21)19(17)22/h5-6,12-14H,3-4,7-11H2,1-2H3/b6-5+. The SMILES string of the molecule is CC/C=C/CC1CCC(c2c(F)cc(OCC)c(F)c2F)CC1. The van der Waals surface area contributed by atoms with Crippen molar-refractivity contribution in [1.82, 2.24) is 0 Å². The normalized spacial score (nSPS) is 21.8. The van der Waals surface area contributed by atoms with Crippen LogP contribution in [-0.4, -0.2) is 6.61 Å². The molecule has 0 bridgehead atoms. The molecular weight excluding hydrogens is 301 g/mol. The van der Waals surface area contributed by atoms with Gasteiger partial charge in [-0.05, 0) is 57.3 Å². The van der Waals surface area contributed by atoms with Gasteiger partial charge in [-0.2, -0.15) is 4.39 Å². The summed E-state index contributed by atoms with van der Waals surface area (Å²) in [5.41, 5.74) is -0.103. The Morgan fingerprint density at radius 2 is 1.74 bits per heavy atom. The van der Waals surface area contributed by atoms with Crippen LogP contribution in [0.4, 0.5) is 13.2 Å². The summed E-state index contributed by atoms with van der Waals surface area (Å²) in [6, 6.07) is 0.979. The zero-order valence-corrected chi connectivity index (χ0v) is 13.9. The molecule has 0 spiro atoms. The summed E-state index contributed by atoms with van der Waals surface area (Å²) in [7, 11) is 0. The highest BCUT2D eigenvalue weighted by Crippen LogP contribution is 2.41. The molecule has 0 N–H and O–H groups in total. The quantitative estimate of drug-likeness (QED) is 0.451. The van der Waals surface area contributed by atoms with E-state index in [0.717, 1.165) is 31.7 Å². The largest absolute Gasteiger partial charge is 0.491 e. The van der Waals surface area contributed by atoms with Crippen molar-refractivity contribution in [2.45, 2.75) is 58.3 Å². The Bertz CT molecular complexity index is 546. The van der Waals surface area contributed by atoms with Crippen LogP contribution < -0.4 is 4.74 Å². The second-order valence-electron chi connectivity index (χ2n) is 6.16. The van der Waals surface area contributed by atoms with Crippen molar-refractivity contribution in [3.8, 4) is 5.75 Å². The highest BCUT2D eigenvalue weighted by Gasteiger charge is 2.29. The maximum atomic E-state index is 14.3. The fraction of sp³-hybridized carbons (Fsp3) is 0.579. The van der Waals surface area contributed by atoms with Crippen LogP contribution >= 0.6 is 0 Å². The van der Waals surface area contributed by atoms with Crippen LogP contribution in [0.1, 0.15) is 63.9 Å². The molecule has 0 atom stereocenters. The Hall–Kier alpha value is -1.45. The zero-order valence-electron chi connectivity index (χ0n) is 13.9. The summed E-state index contributed by atoms with van der Waals surface area (Å²) in [4.78, 5) is 0. The smallest absolute Gasteiger partial charge is 0.201 e. The molecular formula is C19H25F3O. The van der Waals surface area contributed by atoms with Gasteiger partial charge in [0.05, 0.1) is 6.61 Å². The number of halogens is 3. The molecule has 1 aromatic carbocycles. The summed E-state index contributed by atoms with van der Waals surface area (Å²) < 4.78 is 47.5. The van der Waals surface area contributed by atoms with E-state index in [0.29, 0.717) is 18.8 Å². The first-order chi connectivity index (χ1) is 11.1. The molecule has 1 aromatic rings. The van der Waals surface area contributed by atoms with Gasteiger partial charge in [0.1, 0.15) is 5.82 Å². The minimum absolute atomic E-state index is 0.103. The number of hydrogen-bond acceptors (Lipinski definition) is 1. The molecule has 128 valence electrons. The molecule has 1 saturated carbocycles. The van der Waals surface area contributed by atoms with Crippen LogP contribution in [0.3, 0.4) is 0 Å². The molecule has 1 nitrogen and oxygen atoms in total. The van der Waals surface area contributed by atoms with E-state index in [9.17, 15) is 13.2 Å². The lowest BCUT2D eigenvalue weighted by atomic mass is 9.77. The average molecular weight is 326 g/mol. The Labute approximate surface area is 136 Å². The van der Waals surface area contributed by atoms with Crippen molar-refractivity contribution in [3.05, 3.63) is 41.2 Å². The van der Waals surface area contributed by atoms with Gasteiger partial charge in [0.25, 0.3) is 0 Å². The van der Waals surface area contributed by atoms with Crippen LogP contribution in [0, 0.1) is 23.4 Å². The number of allylic oxidation sites excluding steroid dienone is 2. The van der Waals surface area contributed by atoms with Crippen molar-refractivity contribution in [3.63, 3.8) is 0 Å². The molecule has 0 unspecified atom stereocenters. The third-order valence-corrected chi connectivity index (χ3v) is 4.59. The minimum atomic E-state index is -1.08. The van der Waals surface area contributed by atoms with Gasteiger partial charge in [0.15, 0.2) is 11.6 Å². The van der Waals surface area contributed by atoms with E-state index < -0.39 is 17.5 Å². The molecule has 0 radical (unpaired) electrons. The average Bonchev–Trinajstić information content (AvgIpc) is 2.54. The summed E-state index contributed by atoms with van der Waals surface area (Å²) in [6.45, 7) is 3.92. The van der Waals surface area contributed by atoms with Crippen molar-refractivity contribution in [1.29, 1.82) is 0 Å². The molecule has 2 rings (SSSR count). The van der Waals surface area contributed by atoms with Crippen LogP contribution in [0.2, 0.25) is 0 Å². The molecule has 4 heteroatoms. The predicted octanol–water partition coefficient (Wildman–Crippen LogP) is 6.13. The molecule has 23 heavy (non-hydrogen) atoms. The van der Waals surface area contributed by atoms with E-state index in [1.165, 1.54) is 0 Å². The van der Waals surface area contributed by atoms with Crippen molar-refractivity contribution < 1.29 is 17.9 Å². The highest BCUT2D eigenvalue weighted by molar-refractivity contribution is 5.34. The first-order valence-electron chi connectivity index (χ1n) is 8.53. The van der Waals surface area contributed by atoms with Gasteiger partial charge in [-0.15, -0.1) is 0 Å². The van der Waals surface area contributed by atoms with Gasteiger partial charge < -0.3 is 4.74 Å². The van der Waals surface area contributed by atoms with E-state index >= 15 is 0 Å². The van der Waals surface area contributed by atoms with Gasteiger partial charge in [-0.1, -0.05) is 19.1 Å². The summed E-state index contributed by atoms with van der Waals surface area (Å²) in [5.74, 6) is -2.87. The summed E-state index contributed by atoms with van der Waals surface area (Å²) in [6.07, 6.45) is 9.62. The fourth-order valence-electron chi connectivity index (χ4n) is 3.36. The van der Waals surface area contributed by atoms with Crippen molar-refractivity contribution in [2.24, 2.45) is 5.92 Å². The zero-order chi connectivity index (χ0) is 16.8. The number of hydrogen-bond donors (Lipinski definition) is 0. The minimum Gasteiger partial charge on any atom is -0.491 e. The van der Waals surface area contributed by atoms with E-state index in [1.807, 2.05) is 0 Å². The molecule has 1 aliphatic carbocycles. The van der Waals surface area contributed by atoms with E-state index in [-0.39, 0.29) is 23.8 Å². The maximum Gasteiger partial charge on any atom is 0.201 e. The lowest BCUT2D eigenvalue weighted by molar-refractivity contribution is 0.296. The van der Waals surface area contributed by atoms with Gasteiger partial charge in [0, 0.05) is 11.6 Å². The molecule has 0 amide bonds. The Morgan fingerprint density at radius 3 is 2.35 bits per heavy atom. The van der Waals surface area contributed by atoms with E-state index in [4.69, 9.17) is 4.74 Å². The third kappa shape index (κ3) is 4.30. The predicted molar refractivity (Wildman–Crippen MR) is 86.2 cm³/mol. The van der Waals surface area contributed by atoms with Crippen LogP contribution in [-0.2, 0) is 0 Å². The monoisotopic (exact) mass is 326 g/mol. The number of benzene rings is 1. The lowest BCUT2D eigenvalue weighted by Crippen LogP contribution is -2.16. The van der Waals surface area contributed by atoms with Crippen LogP contribution in [0.5, 0.6) is 5.75 Å². The van der Waals surface area contributed by atoms with Gasteiger partial charge in [-0.3, -0.25) is 0 Å². The Kier molecular flexibility index (Phi) is 6.55. The Morgan fingerprint density at radius 1 is 1.04 bits per heavy atom. The number of rotatable bonds is 6. The summed E-state index contributed by atoms with van der Waals surface area (Å²) >= 11 is 0. The van der Waals surface area contributed by atoms with Crippen LogP contribution in [0.25, 0.3) is 0 Å². The van der Waals surface area contributed by atoms with Gasteiger partial charge in [0.2, 0.25) is 5.82 Å². The molecule has 0 saturated heterocycles. The molecule has 0 aromatic heterocycles. The van der Waals surface area contributed by atoms with Crippen molar-refractivity contribution in [2.75, 3.05) is 6.61 Å². The van der Waals surface area contributed by atoms with Gasteiger partial charge in [-0.25, -0.2) is 8.78 Å². The van der Waals surface area contributed by atoms with Gasteiger partial charge >= 0.3 is 0 Å². The van der Waals surface area contributed by atoms with E-state index in [1.54, 1.807) is 6.92 Å². The van der Waals surface area contributed by atoms with Crippen LogP contribution in [0.15, 0.2) is 18.2 Å². The van der Waals surface area contributed by atoms with E-state index in [2.05, 4.69) is 19.1 Å². The molecule has 1 fully saturated rings. The maximum absolute atomic E-state index is 14.3. The van der Waals surface area contributed by atoms with Crippen molar-refractivity contribution >= 4 is 0 Å². The Balaban J connectivity index is 2.09. The molecule has 1 aliphatic rings. The highest BCUT2D eigenvalue weighted by atomic mass is 19.2. The third-order valence-electron chi connectivity index (χ3n) is 4.59.